The molecule has 0 bridgehead atoms. The molecule has 18 heavy (non-hydrogen) atoms. The summed E-state index contributed by atoms with van der Waals surface area (Å²) in [6.07, 6.45) is 5.00. The molecule has 1 aromatic rings. The van der Waals surface area contributed by atoms with E-state index in [0.29, 0.717) is 0 Å². The number of benzene rings is 1. The maximum Gasteiger partial charge on any atom is 0.242 e. The van der Waals surface area contributed by atoms with Crippen molar-refractivity contribution in [3.63, 3.8) is 0 Å². The molecule has 0 saturated heterocycles. The van der Waals surface area contributed by atoms with Gasteiger partial charge in [-0.05, 0) is 28.9 Å². The Bertz CT molecular complexity index is 476. The van der Waals surface area contributed by atoms with Crippen LogP contribution in [0.1, 0.15) is 6.92 Å². The Balaban J connectivity index is 2.79. The monoisotopic (exact) mass is 316 g/mol. The second-order valence-electron chi connectivity index (χ2n) is 3.53. The molecular weight excluding hydrogens is 306 g/mol. The number of hydrogen-bond donors (Lipinski definition) is 2. The van der Waals surface area contributed by atoms with Crippen LogP contribution in [0.3, 0.4) is 0 Å². The molecule has 0 spiro atoms. The lowest BCUT2D eigenvalue weighted by Gasteiger charge is -2.16. The maximum absolute atomic E-state index is 13.5. The van der Waals surface area contributed by atoms with E-state index < -0.39 is 17.7 Å². The summed E-state index contributed by atoms with van der Waals surface area (Å²) < 4.78 is 26.6. The molecule has 0 radical (unpaired) electrons. The molecule has 1 unspecified atom stereocenters. The summed E-state index contributed by atoms with van der Waals surface area (Å²) in [5, 5.41) is 5.10. The van der Waals surface area contributed by atoms with Crippen LogP contribution < -0.4 is 10.6 Å². The summed E-state index contributed by atoms with van der Waals surface area (Å²) >= 11 is 3.02. The Kier molecular flexibility index (Phi) is 5.10. The first kappa shape index (κ1) is 14.5. The standard InChI is InChI=1S/C12H11BrF2N2O/c1-3-4-16-12(18)7(2)17-11-9(13)5-8(14)6-10(11)15/h1,5-7,17H,4H2,2H3,(H,16,18). The molecule has 96 valence electrons. The van der Waals surface area contributed by atoms with Gasteiger partial charge in [-0.1, -0.05) is 5.92 Å². The Labute approximate surface area is 112 Å². The lowest BCUT2D eigenvalue weighted by Crippen LogP contribution is -2.38. The maximum atomic E-state index is 13.5. The molecule has 0 aliphatic carbocycles. The highest BCUT2D eigenvalue weighted by Gasteiger charge is 2.16. The number of carbonyl (C=O) groups excluding carboxylic acids is 1. The summed E-state index contributed by atoms with van der Waals surface area (Å²) in [5.41, 5.74) is 0.0276. The third kappa shape index (κ3) is 3.70. The van der Waals surface area contributed by atoms with E-state index in [1.54, 1.807) is 6.92 Å². The van der Waals surface area contributed by atoms with Crippen LogP contribution in [0, 0.1) is 24.0 Å². The van der Waals surface area contributed by atoms with Crippen molar-refractivity contribution in [2.45, 2.75) is 13.0 Å². The third-order valence-electron chi connectivity index (χ3n) is 2.13. The molecule has 0 aliphatic heterocycles. The molecule has 2 N–H and O–H groups in total. The van der Waals surface area contributed by atoms with Gasteiger partial charge in [0.2, 0.25) is 5.91 Å². The van der Waals surface area contributed by atoms with Crippen LogP contribution in [-0.4, -0.2) is 18.5 Å². The first-order valence-electron chi connectivity index (χ1n) is 5.08. The number of hydrogen-bond acceptors (Lipinski definition) is 2. The average Bonchev–Trinajstić information content (AvgIpc) is 2.30. The minimum atomic E-state index is -0.779. The molecule has 6 heteroatoms. The van der Waals surface area contributed by atoms with Crippen molar-refractivity contribution in [2.75, 3.05) is 11.9 Å². The topological polar surface area (TPSA) is 41.1 Å². The van der Waals surface area contributed by atoms with Crippen molar-refractivity contribution in [2.24, 2.45) is 0 Å². The van der Waals surface area contributed by atoms with Crippen LogP contribution in [-0.2, 0) is 4.79 Å². The van der Waals surface area contributed by atoms with Gasteiger partial charge >= 0.3 is 0 Å². The van der Waals surface area contributed by atoms with Gasteiger partial charge in [-0.2, -0.15) is 0 Å². The van der Waals surface area contributed by atoms with E-state index in [-0.39, 0.29) is 22.6 Å². The highest BCUT2D eigenvalue weighted by atomic mass is 79.9. The Morgan fingerprint density at radius 2 is 2.22 bits per heavy atom. The predicted molar refractivity (Wildman–Crippen MR) is 69.0 cm³/mol. The summed E-state index contributed by atoms with van der Waals surface area (Å²) in [6.45, 7) is 1.64. The summed E-state index contributed by atoms with van der Waals surface area (Å²) in [6, 6.07) is 1.14. The van der Waals surface area contributed by atoms with E-state index in [2.05, 4.69) is 32.5 Å². The molecule has 0 saturated carbocycles. The normalized spacial score (nSPS) is 11.5. The summed E-state index contributed by atoms with van der Waals surface area (Å²) in [5.74, 6) is 0.404. The molecule has 0 heterocycles. The molecule has 3 nitrogen and oxygen atoms in total. The SMILES string of the molecule is C#CCNC(=O)C(C)Nc1c(F)cc(F)cc1Br. The van der Waals surface area contributed by atoms with Crippen LogP contribution in [0.4, 0.5) is 14.5 Å². The number of anilines is 1. The van der Waals surface area contributed by atoms with Crippen molar-refractivity contribution in [3.8, 4) is 12.3 Å². The second-order valence-corrected chi connectivity index (χ2v) is 4.39. The van der Waals surface area contributed by atoms with Crippen LogP contribution in [0.25, 0.3) is 0 Å². The largest absolute Gasteiger partial charge is 0.371 e. The Morgan fingerprint density at radius 3 is 2.78 bits per heavy atom. The van der Waals surface area contributed by atoms with Crippen LogP contribution in [0.5, 0.6) is 0 Å². The van der Waals surface area contributed by atoms with Crippen LogP contribution in [0.15, 0.2) is 16.6 Å². The molecule has 0 aliphatic rings. The van der Waals surface area contributed by atoms with Crippen molar-refractivity contribution >= 4 is 27.5 Å². The molecule has 0 fully saturated rings. The van der Waals surface area contributed by atoms with E-state index in [9.17, 15) is 13.6 Å². The molecule has 1 rings (SSSR count). The Morgan fingerprint density at radius 1 is 1.56 bits per heavy atom. The highest BCUT2D eigenvalue weighted by molar-refractivity contribution is 9.10. The fourth-order valence-corrected chi connectivity index (χ4v) is 1.78. The van der Waals surface area contributed by atoms with Gasteiger partial charge in [0.25, 0.3) is 0 Å². The number of nitrogens with one attached hydrogen (secondary N) is 2. The number of carbonyl (C=O) groups is 1. The first-order valence-corrected chi connectivity index (χ1v) is 5.87. The van der Waals surface area contributed by atoms with Gasteiger partial charge in [0.1, 0.15) is 17.7 Å². The van der Waals surface area contributed by atoms with Crippen molar-refractivity contribution < 1.29 is 13.6 Å². The predicted octanol–water partition coefficient (Wildman–Crippen LogP) is 2.28. The molecule has 1 aromatic carbocycles. The van der Waals surface area contributed by atoms with E-state index in [0.717, 1.165) is 12.1 Å². The van der Waals surface area contributed by atoms with E-state index in [1.807, 2.05) is 0 Å². The summed E-state index contributed by atoms with van der Waals surface area (Å²) in [7, 11) is 0. The van der Waals surface area contributed by atoms with Gasteiger partial charge in [0, 0.05) is 10.5 Å². The van der Waals surface area contributed by atoms with Crippen LogP contribution in [0.2, 0.25) is 0 Å². The first-order chi connectivity index (χ1) is 8.45. The van der Waals surface area contributed by atoms with E-state index >= 15 is 0 Å². The number of rotatable bonds is 4. The number of amides is 1. The zero-order valence-corrected chi connectivity index (χ0v) is 11.1. The minimum Gasteiger partial charge on any atom is -0.371 e. The number of halogens is 3. The van der Waals surface area contributed by atoms with Crippen molar-refractivity contribution in [3.05, 3.63) is 28.2 Å². The molecule has 1 amide bonds. The molecule has 1 atom stereocenters. The van der Waals surface area contributed by atoms with Gasteiger partial charge in [0.15, 0.2) is 0 Å². The van der Waals surface area contributed by atoms with E-state index in [4.69, 9.17) is 6.42 Å². The van der Waals surface area contributed by atoms with Crippen molar-refractivity contribution in [1.29, 1.82) is 0 Å². The van der Waals surface area contributed by atoms with Crippen LogP contribution >= 0.6 is 15.9 Å². The second kappa shape index (κ2) is 6.36. The fraction of sp³-hybridized carbons (Fsp3) is 0.250. The fourth-order valence-electron chi connectivity index (χ4n) is 1.25. The van der Waals surface area contributed by atoms with Gasteiger partial charge < -0.3 is 10.6 Å². The highest BCUT2D eigenvalue weighted by Crippen LogP contribution is 2.27. The zero-order valence-electron chi connectivity index (χ0n) is 9.56. The van der Waals surface area contributed by atoms with Crippen molar-refractivity contribution in [1.82, 2.24) is 5.32 Å². The lowest BCUT2D eigenvalue weighted by atomic mass is 10.2. The lowest BCUT2D eigenvalue weighted by molar-refractivity contribution is -0.121. The third-order valence-corrected chi connectivity index (χ3v) is 2.75. The Hall–Kier alpha value is -1.61. The van der Waals surface area contributed by atoms with E-state index in [1.165, 1.54) is 0 Å². The number of terminal acetylenes is 1. The average molecular weight is 317 g/mol. The van der Waals surface area contributed by atoms with Gasteiger partial charge in [-0.15, -0.1) is 6.42 Å². The zero-order chi connectivity index (χ0) is 13.7. The molecule has 0 aromatic heterocycles. The molecular formula is C12H11BrF2N2O. The van der Waals surface area contributed by atoms with Gasteiger partial charge in [-0.3, -0.25) is 4.79 Å². The quantitative estimate of drug-likeness (QED) is 0.837. The van der Waals surface area contributed by atoms with Gasteiger partial charge in [-0.25, -0.2) is 8.78 Å². The summed E-state index contributed by atoms with van der Waals surface area (Å²) in [4.78, 5) is 11.5. The minimum absolute atomic E-state index is 0.0276. The van der Waals surface area contributed by atoms with Gasteiger partial charge in [0.05, 0.1) is 12.2 Å². The smallest absolute Gasteiger partial charge is 0.242 e.